The monoisotopic (exact) mass is 303 g/mol. The van der Waals surface area contributed by atoms with E-state index >= 15 is 0 Å². The molecule has 0 radical (unpaired) electrons. The summed E-state index contributed by atoms with van der Waals surface area (Å²) in [5, 5.41) is 13.4. The maximum absolute atomic E-state index is 12.7. The fourth-order valence-corrected chi connectivity index (χ4v) is 3.82. The van der Waals surface area contributed by atoms with Crippen molar-refractivity contribution in [3.05, 3.63) is 34.3 Å². The molecule has 2 fully saturated rings. The van der Waals surface area contributed by atoms with E-state index in [9.17, 15) is 4.79 Å². The quantitative estimate of drug-likeness (QED) is 0.932. The predicted octanol–water partition coefficient (Wildman–Crippen LogP) is 1.46. The van der Waals surface area contributed by atoms with Crippen LogP contribution in [0, 0.1) is 0 Å². The Kier molecular flexibility index (Phi) is 3.23. The molecule has 2 aromatic heterocycles. The highest BCUT2D eigenvalue weighted by molar-refractivity contribution is 7.10. The molecule has 4 rings (SSSR count). The van der Waals surface area contributed by atoms with Crippen molar-refractivity contribution in [2.45, 2.75) is 24.9 Å². The Bertz CT molecular complexity index is 634. The lowest BCUT2D eigenvalue weighted by Gasteiger charge is -2.26. The largest absolute Gasteiger partial charge is 0.329 e. The van der Waals surface area contributed by atoms with Gasteiger partial charge in [-0.15, -0.1) is 16.4 Å². The van der Waals surface area contributed by atoms with Crippen molar-refractivity contribution >= 4 is 17.2 Å². The summed E-state index contributed by atoms with van der Waals surface area (Å²) in [7, 11) is 0. The van der Waals surface area contributed by atoms with Gasteiger partial charge in [0.1, 0.15) is 0 Å². The van der Waals surface area contributed by atoms with Crippen molar-refractivity contribution in [1.29, 1.82) is 0 Å². The van der Waals surface area contributed by atoms with Gasteiger partial charge in [-0.05, 0) is 24.3 Å². The van der Waals surface area contributed by atoms with Crippen LogP contribution >= 0.6 is 11.3 Å². The van der Waals surface area contributed by atoms with Gasteiger partial charge in [-0.2, -0.15) is 0 Å². The molecule has 0 saturated carbocycles. The summed E-state index contributed by atoms with van der Waals surface area (Å²) in [5.74, 6) is 0.00410. The lowest BCUT2D eigenvalue weighted by Crippen LogP contribution is -2.43. The lowest BCUT2D eigenvalue weighted by atomic mass is 10.2. The van der Waals surface area contributed by atoms with Crippen molar-refractivity contribution in [2.24, 2.45) is 0 Å². The fraction of sp³-hybridized carbons (Fsp3) is 0.500. The topological polar surface area (TPSA) is 63.1 Å². The number of likely N-dealkylation sites (tertiary alicyclic amines) is 1. The van der Waals surface area contributed by atoms with E-state index < -0.39 is 0 Å². The van der Waals surface area contributed by atoms with Gasteiger partial charge in [0.2, 0.25) is 0 Å². The van der Waals surface area contributed by atoms with E-state index in [0.29, 0.717) is 11.7 Å². The minimum absolute atomic E-state index is 0.00410. The summed E-state index contributed by atoms with van der Waals surface area (Å²) in [6.07, 6.45) is 3.87. The van der Waals surface area contributed by atoms with Crippen LogP contribution in [0.1, 0.15) is 40.3 Å². The van der Waals surface area contributed by atoms with E-state index in [1.54, 1.807) is 22.2 Å². The maximum Gasteiger partial charge on any atom is 0.276 e. The minimum atomic E-state index is 0.00410. The van der Waals surface area contributed by atoms with Gasteiger partial charge >= 0.3 is 0 Å². The van der Waals surface area contributed by atoms with Crippen molar-refractivity contribution in [3.63, 3.8) is 0 Å². The predicted molar refractivity (Wildman–Crippen MR) is 79.3 cm³/mol. The zero-order valence-corrected chi connectivity index (χ0v) is 12.4. The first-order valence-corrected chi connectivity index (χ1v) is 8.18. The van der Waals surface area contributed by atoms with Crippen molar-refractivity contribution in [3.8, 4) is 0 Å². The molecule has 2 aromatic rings. The van der Waals surface area contributed by atoms with E-state index in [-0.39, 0.29) is 11.9 Å². The second-order valence-electron chi connectivity index (χ2n) is 5.57. The average molecular weight is 303 g/mol. The lowest BCUT2D eigenvalue weighted by molar-refractivity contribution is 0.0731. The van der Waals surface area contributed by atoms with Gasteiger partial charge in [-0.1, -0.05) is 11.3 Å². The molecule has 0 bridgehead atoms. The number of amides is 1. The summed E-state index contributed by atoms with van der Waals surface area (Å²) < 4.78 is 1.81. The molecule has 4 heterocycles. The van der Waals surface area contributed by atoms with Crippen molar-refractivity contribution < 1.29 is 4.79 Å². The molecule has 7 heteroatoms. The van der Waals surface area contributed by atoms with Crippen LogP contribution in [0.3, 0.4) is 0 Å². The molecule has 1 unspecified atom stereocenters. The molecule has 0 aliphatic carbocycles. The highest BCUT2D eigenvalue weighted by Crippen LogP contribution is 2.35. The molecular weight excluding hydrogens is 286 g/mol. The van der Waals surface area contributed by atoms with Crippen molar-refractivity contribution in [1.82, 2.24) is 25.2 Å². The first-order chi connectivity index (χ1) is 10.3. The van der Waals surface area contributed by atoms with Crippen LogP contribution in [0.25, 0.3) is 0 Å². The zero-order valence-electron chi connectivity index (χ0n) is 11.6. The van der Waals surface area contributed by atoms with Crippen LogP contribution in [-0.4, -0.2) is 45.4 Å². The molecule has 2 aliphatic rings. The Morgan fingerprint density at radius 3 is 3.05 bits per heavy atom. The van der Waals surface area contributed by atoms with Gasteiger partial charge in [0.15, 0.2) is 5.69 Å². The number of nitrogens with zero attached hydrogens (tertiary/aromatic N) is 4. The number of carbonyl (C=O) groups is 1. The molecule has 2 aliphatic heterocycles. The molecule has 21 heavy (non-hydrogen) atoms. The van der Waals surface area contributed by atoms with Crippen LogP contribution in [0.2, 0.25) is 0 Å². The number of rotatable bonds is 3. The SMILES string of the molecule is O=C(c1cn(C2CNC2)nn1)N1CCCC1c1cccs1. The minimum Gasteiger partial charge on any atom is -0.329 e. The van der Waals surface area contributed by atoms with Gasteiger partial charge in [-0.25, -0.2) is 4.68 Å². The second kappa shape index (κ2) is 5.23. The number of thiophene rings is 1. The summed E-state index contributed by atoms with van der Waals surface area (Å²) >= 11 is 1.72. The van der Waals surface area contributed by atoms with Gasteiger partial charge in [0.05, 0.1) is 18.3 Å². The third-order valence-corrected chi connectivity index (χ3v) is 5.22. The smallest absolute Gasteiger partial charge is 0.276 e. The number of aromatic nitrogens is 3. The van der Waals surface area contributed by atoms with Crippen LogP contribution in [0.4, 0.5) is 0 Å². The van der Waals surface area contributed by atoms with Crippen LogP contribution in [0.5, 0.6) is 0 Å². The molecule has 1 amide bonds. The van der Waals surface area contributed by atoms with Crippen LogP contribution in [-0.2, 0) is 0 Å². The van der Waals surface area contributed by atoms with E-state index in [1.807, 2.05) is 11.0 Å². The standard InChI is InChI=1S/C14H17N5OS/c20-14(11-9-19(17-16-11)10-7-15-8-10)18-5-1-3-12(18)13-4-2-6-21-13/h2,4,6,9-10,12,15H,1,3,5,7-8H2. The third-order valence-electron chi connectivity index (χ3n) is 4.25. The number of hydrogen-bond acceptors (Lipinski definition) is 5. The number of hydrogen-bond donors (Lipinski definition) is 1. The normalized spacial score (nSPS) is 22.5. The first-order valence-electron chi connectivity index (χ1n) is 7.30. The van der Waals surface area contributed by atoms with Gasteiger partial charge < -0.3 is 10.2 Å². The molecule has 1 N–H and O–H groups in total. The fourth-order valence-electron chi connectivity index (χ4n) is 2.95. The Labute approximate surface area is 126 Å². The van der Waals surface area contributed by atoms with Crippen LogP contribution in [0.15, 0.2) is 23.7 Å². The Morgan fingerprint density at radius 1 is 1.43 bits per heavy atom. The summed E-state index contributed by atoms with van der Waals surface area (Å²) in [6.45, 7) is 2.61. The van der Waals surface area contributed by atoms with Gasteiger partial charge in [-0.3, -0.25) is 4.79 Å². The highest BCUT2D eigenvalue weighted by Gasteiger charge is 2.33. The maximum atomic E-state index is 12.7. The molecule has 2 saturated heterocycles. The van der Waals surface area contributed by atoms with E-state index in [2.05, 4.69) is 27.1 Å². The average Bonchev–Trinajstić information content (AvgIpc) is 3.16. The zero-order chi connectivity index (χ0) is 14.2. The summed E-state index contributed by atoms with van der Waals surface area (Å²) in [5.41, 5.74) is 0.463. The molecule has 0 spiro atoms. The van der Waals surface area contributed by atoms with E-state index in [4.69, 9.17) is 0 Å². The van der Waals surface area contributed by atoms with E-state index in [0.717, 1.165) is 32.5 Å². The molecule has 1 atom stereocenters. The van der Waals surface area contributed by atoms with Crippen molar-refractivity contribution in [2.75, 3.05) is 19.6 Å². The van der Waals surface area contributed by atoms with Gasteiger partial charge in [0, 0.05) is 24.5 Å². The molecule has 110 valence electrons. The van der Waals surface area contributed by atoms with Gasteiger partial charge in [0.25, 0.3) is 5.91 Å². The Balaban J connectivity index is 1.54. The Hall–Kier alpha value is -1.73. The highest BCUT2D eigenvalue weighted by atomic mass is 32.1. The molecular formula is C14H17N5OS. The molecule has 6 nitrogen and oxygen atoms in total. The first kappa shape index (κ1) is 13.0. The summed E-state index contributed by atoms with van der Waals surface area (Å²) in [6, 6.07) is 4.69. The van der Waals surface area contributed by atoms with E-state index in [1.165, 1.54) is 4.88 Å². The second-order valence-corrected chi connectivity index (χ2v) is 6.55. The van der Waals surface area contributed by atoms with Crippen LogP contribution < -0.4 is 5.32 Å². The Morgan fingerprint density at radius 2 is 2.33 bits per heavy atom. The summed E-state index contributed by atoms with van der Waals surface area (Å²) in [4.78, 5) is 15.9. The number of carbonyl (C=O) groups excluding carboxylic acids is 1. The molecule has 0 aromatic carbocycles. The number of nitrogens with one attached hydrogen (secondary N) is 1. The third kappa shape index (κ3) is 2.26.